The molecule has 2 aliphatic heterocycles. The van der Waals surface area contributed by atoms with Crippen LogP contribution in [0.5, 0.6) is 0 Å². The molecule has 2 amide bonds. The Morgan fingerprint density at radius 1 is 1.14 bits per heavy atom. The summed E-state index contributed by atoms with van der Waals surface area (Å²) in [5, 5.41) is 3.62. The molecule has 182 valence electrons. The minimum Gasteiger partial charge on any atom is -0.365 e. The van der Waals surface area contributed by atoms with Crippen molar-refractivity contribution >= 4 is 29.1 Å². The lowest BCUT2D eigenvalue weighted by Gasteiger charge is -2.31. The number of nitrogens with zero attached hydrogens (tertiary/aromatic N) is 3. The van der Waals surface area contributed by atoms with Crippen molar-refractivity contribution in [1.82, 2.24) is 14.5 Å². The van der Waals surface area contributed by atoms with Crippen molar-refractivity contribution < 1.29 is 18.7 Å². The average Bonchev–Trinajstić information content (AvgIpc) is 3.29. The lowest BCUT2D eigenvalue weighted by atomic mass is 9.95. The van der Waals surface area contributed by atoms with Crippen LogP contribution in [0.3, 0.4) is 0 Å². The van der Waals surface area contributed by atoms with Gasteiger partial charge in [-0.05, 0) is 61.2 Å². The largest absolute Gasteiger partial charge is 0.365 e. The van der Waals surface area contributed by atoms with Crippen LogP contribution in [0.4, 0.5) is 10.1 Å². The Hall–Kier alpha value is -3.23. The molecule has 0 spiro atoms. The molecule has 2 aromatic carbocycles. The number of ether oxygens (including phenoxy) is 1. The Morgan fingerprint density at radius 3 is 2.60 bits per heavy atom. The number of imidazole rings is 1. The first-order valence-electron chi connectivity index (χ1n) is 11.7. The van der Waals surface area contributed by atoms with Crippen LogP contribution in [0, 0.1) is 18.7 Å². The number of anilines is 1. The van der Waals surface area contributed by atoms with Crippen molar-refractivity contribution in [2.75, 3.05) is 18.4 Å². The van der Waals surface area contributed by atoms with Gasteiger partial charge >= 0.3 is 0 Å². The fourth-order valence-electron chi connectivity index (χ4n) is 4.68. The minimum absolute atomic E-state index is 0.0397. The fraction of sp³-hybridized carbons (Fsp3) is 0.346. The Kier molecular flexibility index (Phi) is 6.58. The van der Waals surface area contributed by atoms with Gasteiger partial charge in [-0.1, -0.05) is 23.7 Å². The molecule has 0 radical (unpaired) electrons. The molecular formula is C26H26ClFN4O3. The van der Waals surface area contributed by atoms with Crippen molar-refractivity contribution in [2.45, 2.75) is 39.0 Å². The van der Waals surface area contributed by atoms with E-state index in [1.807, 2.05) is 17.6 Å². The SMILES string of the molecule is Cc1cc(Cl)ccc1NC(=O)C1CCN(C(=O)c2ncn3c2COC(c2ccc(F)cc2)C3)CC1. The maximum absolute atomic E-state index is 13.2. The van der Waals surface area contributed by atoms with Crippen molar-refractivity contribution in [2.24, 2.45) is 5.92 Å². The number of hydrogen-bond donors (Lipinski definition) is 1. The number of carbonyl (C=O) groups excluding carboxylic acids is 2. The summed E-state index contributed by atoms with van der Waals surface area (Å²) in [6.07, 6.45) is 2.61. The second kappa shape index (κ2) is 9.79. The molecule has 3 aromatic rings. The van der Waals surface area contributed by atoms with Gasteiger partial charge in [0.1, 0.15) is 11.9 Å². The first kappa shape index (κ1) is 23.5. The molecule has 1 fully saturated rings. The van der Waals surface area contributed by atoms with Crippen LogP contribution in [0.2, 0.25) is 5.02 Å². The standard InChI is InChI=1S/C26H26ClFN4O3/c1-16-12-19(27)4-7-21(16)30-25(33)18-8-10-31(11-9-18)26(34)24-22-14-35-23(13-32(22)15-29-24)17-2-5-20(28)6-3-17/h2-7,12,15,18,23H,8-11,13-14H2,1H3,(H,30,33). The van der Waals surface area contributed by atoms with Gasteiger partial charge in [0.15, 0.2) is 5.69 Å². The number of hydrogen-bond acceptors (Lipinski definition) is 4. The van der Waals surface area contributed by atoms with E-state index >= 15 is 0 Å². The predicted octanol–water partition coefficient (Wildman–Crippen LogP) is 4.75. The van der Waals surface area contributed by atoms with Crippen molar-refractivity contribution in [3.63, 3.8) is 0 Å². The molecule has 5 rings (SSSR count). The van der Waals surface area contributed by atoms with Crippen molar-refractivity contribution in [3.05, 3.63) is 82.1 Å². The van der Waals surface area contributed by atoms with E-state index in [1.54, 1.807) is 35.5 Å². The van der Waals surface area contributed by atoms with Crippen LogP contribution in [0.15, 0.2) is 48.8 Å². The van der Waals surface area contributed by atoms with Crippen LogP contribution < -0.4 is 5.32 Å². The highest BCUT2D eigenvalue weighted by Crippen LogP contribution is 2.29. The van der Waals surface area contributed by atoms with Gasteiger partial charge in [0.2, 0.25) is 5.91 Å². The minimum atomic E-state index is -0.290. The number of aryl methyl sites for hydroxylation is 1. The number of nitrogens with one attached hydrogen (secondary N) is 1. The Morgan fingerprint density at radius 2 is 1.89 bits per heavy atom. The molecule has 3 heterocycles. The second-order valence-electron chi connectivity index (χ2n) is 9.06. The first-order valence-corrected chi connectivity index (χ1v) is 12.0. The molecule has 0 bridgehead atoms. The third-order valence-corrected chi connectivity index (χ3v) is 7.01. The number of carbonyl (C=O) groups is 2. The molecule has 1 aromatic heterocycles. The van der Waals surface area contributed by atoms with Crippen LogP contribution >= 0.6 is 11.6 Å². The monoisotopic (exact) mass is 496 g/mol. The summed E-state index contributed by atoms with van der Waals surface area (Å²) in [5.74, 6) is -0.635. The summed E-state index contributed by atoms with van der Waals surface area (Å²) in [6.45, 7) is 3.64. The van der Waals surface area contributed by atoms with Crippen LogP contribution in [0.25, 0.3) is 0 Å². The second-order valence-corrected chi connectivity index (χ2v) is 9.49. The van der Waals surface area contributed by atoms with E-state index in [4.69, 9.17) is 16.3 Å². The Bertz CT molecular complexity index is 1250. The molecule has 9 heteroatoms. The fourth-order valence-corrected chi connectivity index (χ4v) is 4.91. The Labute approximate surface area is 207 Å². The number of rotatable bonds is 4. The number of amides is 2. The van der Waals surface area contributed by atoms with Crippen molar-refractivity contribution in [1.29, 1.82) is 0 Å². The third kappa shape index (κ3) is 4.94. The van der Waals surface area contributed by atoms with Gasteiger partial charge in [0.25, 0.3) is 5.91 Å². The third-order valence-electron chi connectivity index (χ3n) is 6.77. The summed E-state index contributed by atoms with van der Waals surface area (Å²) in [7, 11) is 0. The number of aromatic nitrogens is 2. The number of piperidine rings is 1. The van der Waals surface area contributed by atoms with E-state index < -0.39 is 0 Å². The molecule has 1 unspecified atom stereocenters. The zero-order valence-electron chi connectivity index (χ0n) is 19.3. The van der Waals surface area contributed by atoms with E-state index in [0.29, 0.717) is 43.2 Å². The topological polar surface area (TPSA) is 76.5 Å². The quantitative estimate of drug-likeness (QED) is 0.565. The number of likely N-dealkylation sites (tertiary alicyclic amines) is 1. The van der Waals surface area contributed by atoms with Gasteiger partial charge in [-0.15, -0.1) is 0 Å². The zero-order chi connectivity index (χ0) is 24.5. The summed E-state index contributed by atoms with van der Waals surface area (Å²) >= 11 is 6.00. The predicted molar refractivity (Wildman–Crippen MR) is 130 cm³/mol. The zero-order valence-corrected chi connectivity index (χ0v) is 20.1. The molecule has 1 saturated heterocycles. The van der Waals surface area contributed by atoms with E-state index in [0.717, 1.165) is 22.5 Å². The molecule has 1 N–H and O–H groups in total. The van der Waals surface area contributed by atoms with Gasteiger partial charge in [0.05, 0.1) is 25.2 Å². The molecule has 0 aliphatic carbocycles. The molecule has 1 atom stereocenters. The normalized spacial score (nSPS) is 18.3. The molecule has 35 heavy (non-hydrogen) atoms. The van der Waals surface area contributed by atoms with Gasteiger partial charge in [0, 0.05) is 29.7 Å². The summed E-state index contributed by atoms with van der Waals surface area (Å²) < 4.78 is 21.1. The van der Waals surface area contributed by atoms with Crippen LogP contribution in [-0.2, 0) is 22.7 Å². The summed E-state index contributed by atoms with van der Waals surface area (Å²) in [4.78, 5) is 32.1. The first-order chi connectivity index (χ1) is 16.9. The van der Waals surface area contributed by atoms with Gasteiger partial charge < -0.3 is 19.5 Å². The van der Waals surface area contributed by atoms with E-state index in [2.05, 4.69) is 10.3 Å². The average molecular weight is 497 g/mol. The van der Waals surface area contributed by atoms with Crippen LogP contribution in [-0.4, -0.2) is 39.4 Å². The van der Waals surface area contributed by atoms with Crippen molar-refractivity contribution in [3.8, 4) is 0 Å². The summed E-state index contributed by atoms with van der Waals surface area (Å²) in [6, 6.07) is 11.6. The lowest BCUT2D eigenvalue weighted by molar-refractivity contribution is -0.121. The lowest BCUT2D eigenvalue weighted by Crippen LogP contribution is -2.42. The smallest absolute Gasteiger partial charge is 0.274 e. The molecular weight excluding hydrogens is 471 g/mol. The van der Waals surface area contributed by atoms with Gasteiger partial charge in [-0.25, -0.2) is 9.37 Å². The molecule has 0 saturated carbocycles. The molecule has 7 nitrogen and oxygen atoms in total. The highest BCUT2D eigenvalue weighted by Gasteiger charge is 2.32. The number of fused-ring (bicyclic) bond motifs is 1. The molecule has 2 aliphatic rings. The van der Waals surface area contributed by atoms with Crippen LogP contribution in [0.1, 0.15) is 46.3 Å². The number of benzene rings is 2. The highest BCUT2D eigenvalue weighted by molar-refractivity contribution is 6.30. The van der Waals surface area contributed by atoms with Gasteiger partial charge in [-0.2, -0.15) is 0 Å². The summed E-state index contributed by atoms with van der Waals surface area (Å²) in [5.41, 5.74) is 3.68. The highest BCUT2D eigenvalue weighted by atomic mass is 35.5. The maximum atomic E-state index is 13.2. The van der Waals surface area contributed by atoms with E-state index in [1.165, 1.54) is 12.1 Å². The number of halogens is 2. The Balaban J connectivity index is 1.19. The van der Waals surface area contributed by atoms with E-state index in [-0.39, 0.29) is 36.3 Å². The maximum Gasteiger partial charge on any atom is 0.274 e. The van der Waals surface area contributed by atoms with Gasteiger partial charge in [-0.3, -0.25) is 9.59 Å². The van der Waals surface area contributed by atoms with E-state index in [9.17, 15) is 14.0 Å².